The van der Waals surface area contributed by atoms with E-state index in [0.29, 0.717) is 6.61 Å². The van der Waals surface area contributed by atoms with E-state index in [4.69, 9.17) is 9.84 Å². The highest BCUT2D eigenvalue weighted by Gasteiger charge is 2.08. The molecule has 2 aromatic rings. The minimum Gasteiger partial charge on any atom is -0.493 e. The molecule has 1 heterocycles. The van der Waals surface area contributed by atoms with Crippen molar-refractivity contribution < 1.29 is 14.6 Å². The highest BCUT2D eigenvalue weighted by Crippen LogP contribution is 2.29. The van der Waals surface area contributed by atoms with E-state index in [9.17, 15) is 4.79 Å². The van der Waals surface area contributed by atoms with Crippen molar-refractivity contribution in [3.05, 3.63) is 48.3 Å². The second-order valence-corrected chi connectivity index (χ2v) is 4.08. The Morgan fingerprint density at radius 3 is 2.68 bits per heavy atom. The van der Waals surface area contributed by atoms with Crippen molar-refractivity contribution in [2.45, 2.75) is 13.3 Å². The molecule has 2 rings (SSSR count). The molecule has 0 fully saturated rings. The molecule has 1 aromatic heterocycles. The number of pyridine rings is 1. The van der Waals surface area contributed by atoms with Crippen molar-refractivity contribution in [2.75, 3.05) is 6.61 Å². The zero-order valence-corrected chi connectivity index (χ0v) is 10.7. The third kappa shape index (κ3) is 3.10. The van der Waals surface area contributed by atoms with E-state index in [1.54, 1.807) is 12.3 Å². The van der Waals surface area contributed by atoms with Crippen molar-refractivity contribution >= 4 is 5.97 Å². The van der Waals surface area contributed by atoms with Crippen LogP contribution in [-0.2, 0) is 0 Å². The Balaban J connectivity index is 2.32. The fourth-order valence-corrected chi connectivity index (χ4v) is 1.72. The molecule has 98 valence electrons. The van der Waals surface area contributed by atoms with Gasteiger partial charge in [-0.25, -0.2) is 9.78 Å². The van der Waals surface area contributed by atoms with Gasteiger partial charge in [0.25, 0.3) is 0 Å². The number of carbonyl (C=O) groups is 1. The topological polar surface area (TPSA) is 59.4 Å². The first-order valence-corrected chi connectivity index (χ1v) is 6.14. The quantitative estimate of drug-likeness (QED) is 0.893. The Labute approximate surface area is 111 Å². The van der Waals surface area contributed by atoms with Crippen LogP contribution in [0, 0.1) is 0 Å². The zero-order valence-electron chi connectivity index (χ0n) is 10.7. The Kier molecular flexibility index (Phi) is 4.13. The first-order valence-electron chi connectivity index (χ1n) is 6.14. The summed E-state index contributed by atoms with van der Waals surface area (Å²) in [6.07, 6.45) is 2.49. The minimum atomic E-state index is -1.03. The van der Waals surface area contributed by atoms with Crippen molar-refractivity contribution in [1.82, 2.24) is 4.98 Å². The van der Waals surface area contributed by atoms with Crippen molar-refractivity contribution in [3.63, 3.8) is 0 Å². The lowest BCUT2D eigenvalue weighted by atomic mass is 10.1. The molecule has 4 nitrogen and oxygen atoms in total. The number of hydrogen-bond acceptors (Lipinski definition) is 3. The van der Waals surface area contributed by atoms with Gasteiger partial charge in [-0.15, -0.1) is 0 Å². The average Bonchev–Trinajstić information content (AvgIpc) is 2.45. The van der Waals surface area contributed by atoms with Gasteiger partial charge in [0.1, 0.15) is 11.4 Å². The van der Waals surface area contributed by atoms with Crippen LogP contribution in [-0.4, -0.2) is 22.7 Å². The summed E-state index contributed by atoms with van der Waals surface area (Å²) in [5.41, 5.74) is 1.80. The molecule has 0 unspecified atom stereocenters. The average molecular weight is 257 g/mol. The minimum absolute atomic E-state index is 0.0377. The monoisotopic (exact) mass is 257 g/mol. The predicted octanol–water partition coefficient (Wildman–Crippen LogP) is 3.24. The molecule has 0 amide bonds. The van der Waals surface area contributed by atoms with E-state index in [1.807, 2.05) is 31.2 Å². The number of aromatic carboxylic acids is 1. The molecule has 19 heavy (non-hydrogen) atoms. The molecule has 0 aliphatic heterocycles. The van der Waals surface area contributed by atoms with Gasteiger partial charge in [-0.2, -0.15) is 0 Å². The van der Waals surface area contributed by atoms with Crippen LogP contribution in [0.5, 0.6) is 5.75 Å². The van der Waals surface area contributed by atoms with Crippen LogP contribution in [0.3, 0.4) is 0 Å². The van der Waals surface area contributed by atoms with Gasteiger partial charge in [0, 0.05) is 17.3 Å². The third-order valence-electron chi connectivity index (χ3n) is 2.64. The molecule has 0 radical (unpaired) electrons. The van der Waals surface area contributed by atoms with Crippen LogP contribution in [0.25, 0.3) is 11.1 Å². The fraction of sp³-hybridized carbons (Fsp3) is 0.200. The Bertz CT molecular complexity index is 564. The molecule has 1 N–H and O–H groups in total. The SMILES string of the molecule is CCCOc1ccccc1-c1ccc(C(=O)O)nc1. The number of benzene rings is 1. The summed E-state index contributed by atoms with van der Waals surface area (Å²) in [5, 5.41) is 8.83. The highest BCUT2D eigenvalue weighted by atomic mass is 16.5. The number of aromatic nitrogens is 1. The number of nitrogens with zero attached hydrogens (tertiary/aromatic N) is 1. The molecule has 4 heteroatoms. The van der Waals surface area contributed by atoms with E-state index < -0.39 is 5.97 Å². The molecule has 0 saturated carbocycles. The molecule has 1 aromatic carbocycles. The summed E-state index contributed by atoms with van der Waals surface area (Å²) >= 11 is 0. The normalized spacial score (nSPS) is 10.2. The maximum atomic E-state index is 10.8. The number of para-hydroxylation sites is 1. The molecule has 0 aliphatic carbocycles. The molecular formula is C15H15NO3. The fourth-order valence-electron chi connectivity index (χ4n) is 1.72. The van der Waals surface area contributed by atoms with Gasteiger partial charge in [-0.1, -0.05) is 31.2 Å². The lowest BCUT2D eigenvalue weighted by molar-refractivity contribution is 0.0690. The molecule has 0 bridgehead atoms. The van der Waals surface area contributed by atoms with Gasteiger partial charge in [-0.05, 0) is 18.6 Å². The second-order valence-electron chi connectivity index (χ2n) is 4.08. The van der Waals surface area contributed by atoms with Gasteiger partial charge >= 0.3 is 5.97 Å². The summed E-state index contributed by atoms with van der Waals surface area (Å²) in [7, 11) is 0. The molecule has 0 spiro atoms. The Morgan fingerprint density at radius 2 is 2.05 bits per heavy atom. The molecule has 0 atom stereocenters. The second kappa shape index (κ2) is 6.00. The van der Waals surface area contributed by atoms with Crippen molar-refractivity contribution in [1.29, 1.82) is 0 Å². The summed E-state index contributed by atoms with van der Waals surface area (Å²) in [6, 6.07) is 10.9. The molecular weight excluding hydrogens is 242 g/mol. The van der Waals surface area contributed by atoms with Gasteiger partial charge in [0.2, 0.25) is 0 Å². The lowest BCUT2D eigenvalue weighted by Crippen LogP contribution is -2.00. The van der Waals surface area contributed by atoms with Crippen LogP contribution in [0.2, 0.25) is 0 Å². The Morgan fingerprint density at radius 1 is 1.26 bits per heavy atom. The summed E-state index contributed by atoms with van der Waals surface area (Å²) in [4.78, 5) is 14.7. The van der Waals surface area contributed by atoms with Crippen molar-refractivity contribution in [2.24, 2.45) is 0 Å². The number of carboxylic acids is 1. The maximum absolute atomic E-state index is 10.8. The summed E-state index contributed by atoms with van der Waals surface area (Å²) in [6.45, 7) is 2.70. The molecule has 0 saturated heterocycles. The van der Waals surface area contributed by atoms with Crippen LogP contribution < -0.4 is 4.74 Å². The maximum Gasteiger partial charge on any atom is 0.354 e. The number of carboxylic acid groups (broad SMARTS) is 1. The molecule has 0 aliphatic rings. The number of rotatable bonds is 5. The largest absolute Gasteiger partial charge is 0.493 e. The van der Waals surface area contributed by atoms with Gasteiger partial charge in [0.05, 0.1) is 6.61 Å². The summed E-state index contributed by atoms with van der Waals surface area (Å²) in [5.74, 6) is -0.240. The van der Waals surface area contributed by atoms with Gasteiger partial charge < -0.3 is 9.84 Å². The van der Waals surface area contributed by atoms with E-state index in [0.717, 1.165) is 23.3 Å². The number of ether oxygens (including phenoxy) is 1. The van der Waals surface area contributed by atoms with Gasteiger partial charge in [-0.3, -0.25) is 0 Å². The third-order valence-corrected chi connectivity index (χ3v) is 2.64. The summed E-state index contributed by atoms with van der Waals surface area (Å²) < 4.78 is 5.67. The van der Waals surface area contributed by atoms with Crippen LogP contribution >= 0.6 is 0 Å². The van der Waals surface area contributed by atoms with Crippen LogP contribution in [0.15, 0.2) is 42.6 Å². The first kappa shape index (κ1) is 13.1. The Hall–Kier alpha value is -2.36. The van der Waals surface area contributed by atoms with E-state index in [2.05, 4.69) is 4.98 Å². The van der Waals surface area contributed by atoms with Gasteiger partial charge in [0.15, 0.2) is 0 Å². The highest BCUT2D eigenvalue weighted by molar-refractivity contribution is 5.86. The number of hydrogen-bond donors (Lipinski definition) is 1. The standard InChI is InChI=1S/C15H15NO3/c1-2-9-19-14-6-4-3-5-12(14)11-7-8-13(15(17)18)16-10-11/h3-8,10H,2,9H2,1H3,(H,17,18). The van der Waals surface area contributed by atoms with Crippen LogP contribution in [0.4, 0.5) is 0 Å². The van der Waals surface area contributed by atoms with E-state index in [-0.39, 0.29) is 5.69 Å². The first-order chi connectivity index (χ1) is 9.22. The lowest BCUT2D eigenvalue weighted by Gasteiger charge is -2.10. The van der Waals surface area contributed by atoms with Crippen molar-refractivity contribution in [3.8, 4) is 16.9 Å². The van der Waals surface area contributed by atoms with Crippen LogP contribution in [0.1, 0.15) is 23.8 Å². The predicted molar refractivity (Wildman–Crippen MR) is 72.4 cm³/mol. The van der Waals surface area contributed by atoms with E-state index in [1.165, 1.54) is 6.07 Å². The zero-order chi connectivity index (χ0) is 13.7. The smallest absolute Gasteiger partial charge is 0.354 e. The van der Waals surface area contributed by atoms with E-state index >= 15 is 0 Å².